The molecule has 1 aliphatic heterocycles. The number of piperidine rings is 1. The van der Waals surface area contributed by atoms with E-state index in [2.05, 4.69) is 9.57 Å². The molecule has 0 aliphatic carbocycles. The molecule has 1 atom stereocenters. The van der Waals surface area contributed by atoms with Crippen LogP contribution in [0.5, 0.6) is 0 Å². The predicted molar refractivity (Wildman–Crippen MR) is 86.9 cm³/mol. The van der Waals surface area contributed by atoms with E-state index < -0.39 is 26.1 Å². The quantitative estimate of drug-likeness (QED) is 0.129. The van der Waals surface area contributed by atoms with Gasteiger partial charge < -0.3 is 32.3 Å². The molecule has 1 aliphatic rings. The van der Waals surface area contributed by atoms with Gasteiger partial charge in [-0.05, 0) is 49.9 Å². The zero-order chi connectivity index (χ0) is 17.0. The number of hydrogen-bond acceptors (Lipinski definition) is 7. The number of carboxylic acid groups (broad SMARTS) is 2. The summed E-state index contributed by atoms with van der Waals surface area (Å²) in [6, 6.07) is 0. The Morgan fingerprint density at radius 1 is 1.12 bits per heavy atom. The number of nitrogens with two attached hydrogens (primary N) is 2. The minimum atomic E-state index is -3.04. The van der Waals surface area contributed by atoms with Crippen LogP contribution < -0.4 is 4.89 Å². The minimum Gasteiger partial charge on any atom is -0.693 e. The summed E-state index contributed by atoms with van der Waals surface area (Å²) >= 11 is 0. The Hall–Kier alpha value is -0.512. The molecule has 25 heavy (non-hydrogen) atoms. The first-order valence-electron chi connectivity index (χ1n) is 7.02. The number of nitrogens with zero attached hydrogens (tertiary/aromatic N) is 1. The van der Waals surface area contributed by atoms with Gasteiger partial charge in [-0.3, -0.25) is 9.59 Å². The van der Waals surface area contributed by atoms with E-state index in [1.165, 1.54) is 19.3 Å². The molecule has 1 heterocycles. The molecule has 1 unspecified atom stereocenters. The first kappa shape index (κ1) is 32.2. The Bertz CT molecular complexity index is 364. The van der Waals surface area contributed by atoms with Crippen LogP contribution in [0.2, 0.25) is 0 Å². The molecule has 0 bridgehead atoms. The fourth-order valence-corrected chi connectivity index (χ4v) is 2.22. The molecule has 0 aromatic carbocycles. The number of hydrogen-bond donors (Lipinski definition) is 3. The van der Waals surface area contributed by atoms with Gasteiger partial charge in [0.15, 0.2) is 5.92 Å². The summed E-state index contributed by atoms with van der Waals surface area (Å²) in [5, 5.41) is 24.4. The largest absolute Gasteiger partial charge is 2.00 e. The van der Waals surface area contributed by atoms with E-state index in [1.54, 1.807) is 0 Å². The minimum absolute atomic E-state index is 0. The molecule has 11 nitrogen and oxygen atoms in total. The zero-order valence-electron chi connectivity index (χ0n) is 13.7. The second kappa shape index (κ2) is 19.8. The number of likely N-dealkylation sites (tertiary alicyclic amines) is 1. The van der Waals surface area contributed by atoms with Crippen LogP contribution in [0.1, 0.15) is 40.0 Å². The van der Waals surface area contributed by atoms with Gasteiger partial charge in [-0.15, -0.1) is 0 Å². The molecule has 0 aromatic heterocycles. The first-order chi connectivity index (χ1) is 10.4. The van der Waals surface area contributed by atoms with E-state index in [0.717, 1.165) is 26.1 Å². The monoisotopic (exact) mass is 568 g/mol. The maximum absolute atomic E-state index is 10.6. The van der Waals surface area contributed by atoms with Crippen LogP contribution in [0.4, 0.5) is 0 Å². The smallest absolute Gasteiger partial charge is 0.693 e. The van der Waals surface area contributed by atoms with Gasteiger partial charge in [0.25, 0.3) is 0 Å². The zero-order valence-corrected chi connectivity index (χ0v) is 16.9. The molecule has 154 valence electrons. The standard InChI is InChI=1S/C12H21NO4.2H2N.HO4P.Pt.H2/c14-11(15)10(12(16)17)6-2-5-9-13-7-3-1-4-8-13;;;1-4-5(2)3;;/h10H,1-9H2,(H,14,15)(H,16,17);2*1H2;1H;;1H/q;2*-1;;+2;. The van der Waals surface area contributed by atoms with Crippen molar-refractivity contribution in [2.45, 2.75) is 38.5 Å². The van der Waals surface area contributed by atoms with Crippen LogP contribution in [0.3, 0.4) is 0 Å². The van der Waals surface area contributed by atoms with Crippen molar-refractivity contribution < 1.29 is 61.7 Å². The third-order valence-corrected chi connectivity index (χ3v) is 3.46. The molecule has 0 spiro atoms. The van der Waals surface area contributed by atoms with E-state index in [4.69, 9.17) is 24.9 Å². The van der Waals surface area contributed by atoms with E-state index in [0.29, 0.717) is 6.42 Å². The van der Waals surface area contributed by atoms with Crippen LogP contribution in [0.15, 0.2) is 0 Å². The predicted octanol–water partition coefficient (Wildman–Crippen LogP) is 2.60. The molecule has 0 aromatic rings. The Balaban J connectivity index is -0.000000146. The molecular formula is C12H28N3O8PPt. The van der Waals surface area contributed by atoms with Gasteiger partial charge in [0.2, 0.25) is 0 Å². The molecule has 13 heteroatoms. The second-order valence-electron chi connectivity index (χ2n) is 4.93. The van der Waals surface area contributed by atoms with Gasteiger partial charge >= 0.3 is 41.3 Å². The van der Waals surface area contributed by atoms with Crippen molar-refractivity contribution in [1.29, 1.82) is 0 Å². The second-order valence-corrected chi connectivity index (χ2v) is 5.54. The number of aliphatic carboxylic acids is 2. The molecule has 0 amide bonds. The van der Waals surface area contributed by atoms with Crippen molar-refractivity contribution in [3.05, 3.63) is 12.3 Å². The molecule has 1 rings (SSSR count). The Labute approximate surface area is 163 Å². The third-order valence-electron chi connectivity index (χ3n) is 3.33. The maximum atomic E-state index is 10.6. The van der Waals surface area contributed by atoms with Crippen LogP contribution in [-0.2, 0) is 39.9 Å². The van der Waals surface area contributed by atoms with E-state index in [1.807, 2.05) is 0 Å². The molecule has 1 saturated heterocycles. The van der Waals surface area contributed by atoms with Gasteiger partial charge in [0.05, 0.1) is 0 Å². The Morgan fingerprint density at radius 3 is 1.92 bits per heavy atom. The summed E-state index contributed by atoms with van der Waals surface area (Å²) < 4.78 is 11.6. The summed E-state index contributed by atoms with van der Waals surface area (Å²) in [6.45, 7) is 3.22. The summed E-state index contributed by atoms with van der Waals surface area (Å²) in [5.41, 5.74) is 0. The van der Waals surface area contributed by atoms with E-state index in [-0.39, 0.29) is 41.2 Å². The number of carbonyl (C=O) groups is 2. The molecular weight excluding hydrogens is 540 g/mol. The van der Waals surface area contributed by atoms with Crippen molar-refractivity contribution in [3.63, 3.8) is 0 Å². The van der Waals surface area contributed by atoms with Crippen LogP contribution in [0, 0.1) is 5.92 Å². The number of rotatable bonds is 8. The van der Waals surface area contributed by atoms with Crippen molar-refractivity contribution >= 4 is 20.2 Å². The van der Waals surface area contributed by atoms with Crippen molar-refractivity contribution in [2.24, 2.45) is 5.92 Å². The van der Waals surface area contributed by atoms with Crippen LogP contribution in [-0.4, -0.2) is 51.9 Å². The van der Waals surface area contributed by atoms with Crippen LogP contribution >= 0.6 is 8.25 Å². The molecule has 0 radical (unpaired) electrons. The molecule has 7 N–H and O–H groups in total. The van der Waals surface area contributed by atoms with Crippen molar-refractivity contribution in [2.75, 3.05) is 19.6 Å². The summed E-state index contributed by atoms with van der Waals surface area (Å²) in [6.07, 6.45) is 5.58. The fourth-order valence-electron chi connectivity index (χ4n) is 2.22. The average molecular weight is 568 g/mol. The molecule has 1 fully saturated rings. The first-order valence-corrected chi connectivity index (χ1v) is 8.12. The topological polar surface area (TPSA) is 214 Å². The van der Waals surface area contributed by atoms with Crippen molar-refractivity contribution in [1.82, 2.24) is 4.90 Å². The van der Waals surface area contributed by atoms with Gasteiger partial charge in [-0.25, -0.2) is 5.26 Å². The van der Waals surface area contributed by atoms with Gasteiger partial charge in [-0.2, -0.15) is 0 Å². The normalized spacial score (nSPS) is 14.0. The average Bonchev–Trinajstić information content (AvgIpc) is 2.48. The van der Waals surface area contributed by atoms with E-state index in [9.17, 15) is 9.59 Å². The van der Waals surface area contributed by atoms with E-state index >= 15 is 0 Å². The summed E-state index contributed by atoms with van der Waals surface area (Å²) in [5.74, 6) is -3.69. The Morgan fingerprint density at radius 2 is 1.56 bits per heavy atom. The summed E-state index contributed by atoms with van der Waals surface area (Å²) in [7, 11) is -3.04. The fraction of sp³-hybridized carbons (Fsp3) is 0.833. The summed E-state index contributed by atoms with van der Waals surface area (Å²) in [4.78, 5) is 32.6. The van der Waals surface area contributed by atoms with Crippen LogP contribution in [0.25, 0.3) is 12.3 Å². The molecule has 0 saturated carbocycles. The number of unbranched alkanes of at least 4 members (excludes halogenated alkanes) is 1. The van der Waals surface area contributed by atoms with Gasteiger partial charge in [0.1, 0.15) is 0 Å². The van der Waals surface area contributed by atoms with Gasteiger partial charge in [-0.1, -0.05) is 12.8 Å². The maximum Gasteiger partial charge on any atom is 2.00 e. The van der Waals surface area contributed by atoms with Crippen molar-refractivity contribution in [3.8, 4) is 0 Å². The number of carboxylic acids is 2. The SMILES string of the molecule is O=C(O)C(CCCCN1CCCCC1)C(=O)O.O=[P+]([O-])OO.[HH].[NH2-].[NH2-].[Pt+2]. The van der Waals surface area contributed by atoms with Gasteiger partial charge in [0, 0.05) is 6.10 Å². The third kappa shape index (κ3) is 18.1. The Kier molecular flexibility index (Phi) is 25.5.